The van der Waals surface area contributed by atoms with E-state index in [-0.39, 0.29) is 17.0 Å². The van der Waals surface area contributed by atoms with Crippen LogP contribution in [0.5, 0.6) is 5.75 Å². The molecule has 0 radical (unpaired) electrons. The summed E-state index contributed by atoms with van der Waals surface area (Å²) in [5, 5.41) is 12.3. The Balaban J connectivity index is 1.83. The molecule has 35 heavy (non-hydrogen) atoms. The second-order valence-corrected chi connectivity index (χ2v) is 8.60. The molecule has 2 N–H and O–H groups in total. The fourth-order valence-electron chi connectivity index (χ4n) is 4.89. The number of rotatable bonds is 4. The maximum Gasteiger partial charge on any atom is 0.300 e. The van der Waals surface area contributed by atoms with Crippen molar-refractivity contribution in [2.45, 2.75) is 19.9 Å². The highest BCUT2D eigenvalue weighted by Gasteiger charge is 2.48. The molecule has 0 bridgehead atoms. The number of para-hydroxylation sites is 1. The van der Waals surface area contributed by atoms with Crippen molar-refractivity contribution in [1.29, 1.82) is 0 Å². The number of aliphatic hydroxyl groups excluding tert-OH is 1. The van der Waals surface area contributed by atoms with Gasteiger partial charge in [-0.05, 0) is 55.3 Å². The molecule has 6 nitrogen and oxygen atoms in total. The number of ether oxygens (including phenoxy) is 1. The summed E-state index contributed by atoms with van der Waals surface area (Å²) >= 11 is 0. The number of nitrogens with zero attached hydrogens (tertiary/aromatic N) is 1. The quantitative estimate of drug-likeness (QED) is 0.232. The molecule has 176 valence electrons. The molecule has 0 saturated carbocycles. The van der Waals surface area contributed by atoms with E-state index >= 15 is 0 Å². The van der Waals surface area contributed by atoms with Gasteiger partial charge in [-0.15, -0.1) is 0 Å². The predicted molar refractivity (Wildman–Crippen MR) is 132 cm³/mol. The number of aryl methyl sites for hydroxylation is 2. The Labute approximate surface area is 201 Å². The topological polar surface area (TPSA) is 82.6 Å². The molecular weight excluding hydrogens is 447 g/mol. The zero-order valence-corrected chi connectivity index (χ0v) is 19.4. The number of carbonyl (C=O) groups is 2. The molecule has 1 unspecified atom stereocenters. The first-order chi connectivity index (χ1) is 16.8. The van der Waals surface area contributed by atoms with Crippen molar-refractivity contribution in [2.75, 3.05) is 12.0 Å². The van der Waals surface area contributed by atoms with Gasteiger partial charge in [0.2, 0.25) is 0 Å². The third-order valence-electron chi connectivity index (χ3n) is 6.32. The van der Waals surface area contributed by atoms with E-state index < -0.39 is 23.5 Å². The summed E-state index contributed by atoms with van der Waals surface area (Å²) in [7, 11) is 1.48. The van der Waals surface area contributed by atoms with E-state index in [1.54, 1.807) is 18.3 Å². The van der Waals surface area contributed by atoms with Crippen LogP contribution in [0.4, 0.5) is 10.1 Å². The van der Waals surface area contributed by atoms with Crippen molar-refractivity contribution >= 4 is 34.0 Å². The molecule has 0 aliphatic carbocycles. The minimum absolute atomic E-state index is 0.0904. The molecular formula is C28H23FN2O4. The van der Waals surface area contributed by atoms with E-state index in [0.717, 1.165) is 22.0 Å². The van der Waals surface area contributed by atoms with Gasteiger partial charge in [0.05, 0.1) is 24.3 Å². The summed E-state index contributed by atoms with van der Waals surface area (Å²) < 4.78 is 19.7. The van der Waals surface area contributed by atoms with Crippen LogP contribution in [0.15, 0.2) is 72.4 Å². The number of methoxy groups -OCH3 is 1. The van der Waals surface area contributed by atoms with Gasteiger partial charge in [0.15, 0.2) is 0 Å². The highest BCUT2D eigenvalue weighted by Crippen LogP contribution is 2.45. The zero-order chi connectivity index (χ0) is 24.9. The van der Waals surface area contributed by atoms with Crippen molar-refractivity contribution in [3.05, 3.63) is 101 Å². The molecule has 1 fully saturated rings. The van der Waals surface area contributed by atoms with Gasteiger partial charge in [0, 0.05) is 28.4 Å². The predicted octanol–water partition coefficient (Wildman–Crippen LogP) is 5.56. The van der Waals surface area contributed by atoms with Gasteiger partial charge in [0.25, 0.3) is 11.7 Å². The SMILES string of the molecule is COc1c(C)cc(C)cc1/C(O)=C1\C(=O)C(=O)N(c2cccc(F)c2)C1c1c[nH]c2ccccc12. The van der Waals surface area contributed by atoms with Crippen molar-refractivity contribution in [3.63, 3.8) is 0 Å². The highest BCUT2D eigenvalue weighted by atomic mass is 19.1. The lowest BCUT2D eigenvalue weighted by Gasteiger charge is -2.25. The van der Waals surface area contributed by atoms with Gasteiger partial charge >= 0.3 is 0 Å². The molecule has 1 aliphatic rings. The van der Waals surface area contributed by atoms with E-state index in [0.29, 0.717) is 16.9 Å². The van der Waals surface area contributed by atoms with E-state index in [1.165, 1.54) is 30.2 Å². The number of hydrogen-bond acceptors (Lipinski definition) is 4. The third-order valence-corrected chi connectivity index (χ3v) is 6.32. The van der Waals surface area contributed by atoms with Crippen molar-refractivity contribution in [3.8, 4) is 5.75 Å². The fraction of sp³-hybridized carbons (Fsp3) is 0.143. The number of halogens is 1. The summed E-state index contributed by atoms with van der Waals surface area (Å²) in [5.41, 5.74) is 3.48. The molecule has 1 atom stereocenters. The van der Waals surface area contributed by atoms with Crippen molar-refractivity contribution < 1.29 is 23.8 Å². The minimum Gasteiger partial charge on any atom is -0.507 e. The largest absolute Gasteiger partial charge is 0.507 e. The van der Waals surface area contributed by atoms with Crippen LogP contribution in [0.1, 0.15) is 28.3 Å². The van der Waals surface area contributed by atoms with Gasteiger partial charge in [-0.3, -0.25) is 14.5 Å². The van der Waals surface area contributed by atoms with Gasteiger partial charge in [-0.25, -0.2) is 4.39 Å². The summed E-state index contributed by atoms with van der Waals surface area (Å²) in [6, 6.07) is 15.6. The Morgan fingerprint density at radius 3 is 2.57 bits per heavy atom. The highest BCUT2D eigenvalue weighted by molar-refractivity contribution is 6.52. The average molecular weight is 471 g/mol. The number of anilines is 1. The number of aromatic amines is 1. The van der Waals surface area contributed by atoms with E-state index in [1.807, 2.05) is 44.2 Å². The first-order valence-electron chi connectivity index (χ1n) is 11.1. The molecule has 5 rings (SSSR count). The van der Waals surface area contributed by atoms with Crippen LogP contribution < -0.4 is 9.64 Å². The Morgan fingerprint density at radius 2 is 1.83 bits per heavy atom. The smallest absolute Gasteiger partial charge is 0.300 e. The number of carbonyl (C=O) groups excluding carboxylic acids is 2. The van der Waals surface area contributed by atoms with Crippen LogP contribution in [-0.4, -0.2) is 28.9 Å². The zero-order valence-electron chi connectivity index (χ0n) is 19.4. The van der Waals surface area contributed by atoms with Crippen molar-refractivity contribution in [2.24, 2.45) is 0 Å². The van der Waals surface area contributed by atoms with Crippen LogP contribution in [-0.2, 0) is 9.59 Å². The lowest BCUT2D eigenvalue weighted by atomic mass is 9.93. The molecule has 1 aromatic heterocycles. The summed E-state index contributed by atoms with van der Waals surface area (Å²) in [6.07, 6.45) is 1.71. The van der Waals surface area contributed by atoms with Crippen LogP contribution >= 0.6 is 0 Å². The second-order valence-electron chi connectivity index (χ2n) is 8.60. The lowest BCUT2D eigenvalue weighted by molar-refractivity contribution is -0.132. The average Bonchev–Trinajstić information content (AvgIpc) is 3.37. The number of nitrogens with one attached hydrogen (secondary N) is 1. The number of H-pyrrole nitrogens is 1. The standard InChI is InChI=1S/C28H23FN2O4/c1-15-11-16(2)27(35-3)20(12-15)25(32)23-24(21-14-30-22-10-5-4-9-19(21)22)31(28(34)26(23)33)18-8-6-7-17(29)13-18/h4-14,24,30,32H,1-3H3/b25-23+. The summed E-state index contributed by atoms with van der Waals surface area (Å²) in [6.45, 7) is 3.71. The van der Waals surface area contributed by atoms with Crippen molar-refractivity contribution in [1.82, 2.24) is 4.98 Å². The number of aliphatic hydroxyl groups is 1. The van der Waals surface area contributed by atoms with Gasteiger partial charge < -0.3 is 14.8 Å². The Hall–Kier alpha value is -4.39. The molecule has 1 amide bonds. The Morgan fingerprint density at radius 1 is 1.06 bits per heavy atom. The number of hydrogen-bond donors (Lipinski definition) is 2. The minimum atomic E-state index is -0.988. The van der Waals surface area contributed by atoms with Gasteiger partial charge in [0.1, 0.15) is 17.3 Å². The number of amides is 1. The second kappa shape index (κ2) is 8.43. The van der Waals surface area contributed by atoms with Gasteiger partial charge in [-0.2, -0.15) is 0 Å². The first-order valence-corrected chi connectivity index (χ1v) is 11.1. The number of fused-ring (bicyclic) bond motifs is 1. The molecule has 0 spiro atoms. The maximum atomic E-state index is 14.2. The van der Waals surface area contributed by atoms with E-state index in [9.17, 15) is 19.1 Å². The van der Waals surface area contributed by atoms with Gasteiger partial charge in [-0.1, -0.05) is 30.3 Å². The van der Waals surface area contributed by atoms with E-state index in [2.05, 4.69) is 4.98 Å². The van der Waals surface area contributed by atoms with Crippen LogP contribution in [0.25, 0.3) is 16.7 Å². The normalized spacial score (nSPS) is 17.4. The van der Waals surface area contributed by atoms with Crippen LogP contribution in [0, 0.1) is 19.7 Å². The number of Topliss-reactive ketones (excluding diaryl/α,β-unsaturated/α-hetero) is 1. The number of benzene rings is 3. The van der Waals surface area contributed by atoms with E-state index in [4.69, 9.17) is 4.74 Å². The first kappa shape index (κ1) is 22.4. The Bertz CT molecular complexity index is 1540. The lowest BCUT2D eigenvalue weighted by Crippen LogP contribution is -2.29. The summed E-state index contributed by atoms with van der Waals surface area (Å²) in [5.74, 6) is -2.19. The Kier molecular flexibility index (Phi) is 5.40. The molecule has 4 aromatic rings. The molecule has 7 heteroatoms. The molecule has 3 aromatic carbocycles. The van der Waals surface area contributed by atoms with Crippen LogP contribution in [0.2, 0.25) is 0 Å². The number of aromatic nitrogens is 1. The third kappa shape index (κ3) is 3.56. The molecule has 2 heterocycles. The van der Waals surface area contributed by atoms with Crippen LogP contribution in [0.3, 0.4) is 0 Å². The summed E-state index contributed by atoms with van der Waals surface area (Å²) in [4.78, 5) is 31.2. The monoisotopic (exact) mass is 470 g/mol. The fourth-order valence-corrected chi connectivity index (χ4v) is 4.89. The molecule has 1 saturated heterocycles. The number of ketones is 1. The molecule has 1 aliphatic heterocycles. The maximum absolute atomic E-state index is 14.2.